The van der Waals surface area contributed by atoms with Crippen molar-refractivity contribution < 1.29 is 18.2 Å². The molecule has 7 rings (SSSR count). The fraction of sp³-hybridized carbons (Fsp3) is 0.200. The predicted molar refractivity (Wildman–Crippen MR) is 152 cm³/mol. The van der Waals surface area contributed by atoms with Crippen molar-refractivity contribution in [3.8, 4) is 33.8 Å². The van der Waals surface area contributed by atoms with Gasteiger partial charge in [-0.2, -0.15) is 0 Å². The normalized spacial score (nSPS) is 24.2. The van der Waals surface area contributed by atoms with Gasteiger partial charge in [0, 0.05) is 37.3 Å². The topological polar surface area (TPSA) is 59.1 Å². The van der Waals surface area contributed by atoms with Crippen molar-refractivity contribution in [3.05, 3.63) is 97.1 Å². The molecule has 38 heavy (non-hydrogen) atoms. The lowest BCUT2D eigenvalue weighted by molar-refractivity contribution is 0.160. The van der Waals surface area contributed by atoms with Gasteiger partial charge in [-0.05, 0) is 35.4 Å². The first kappa shape index (κ1) is 23.9. The number of rotatable bonds is 4. The van der Waals surface area contributed by atoms with E-state index in [1.165, 1.54) is 0 Å². The van der Waals surface area contributed by atoms with E-state index in [0.29, 0.717) is 24.1 Å². The van der Waals surface area contributed by atoms with Crippen LogP contribution in [0.2, 0.25) is 0 Å². The number of piperazine rings is 1. The summed E-state index contributed by atoms with van der Waals surface area (Å²) >= 11 is 0. The van der Waals surface area contributed by atoms with Crippen LogP contribution in [0.5, 0.6) is 11.5 Å². The van der Waals surface area contributed by atoms with E-state index >= 15 is 0 Å². The molecule has 0 amide bonds. The third-order valence-electron chi connectivity index (χ3n) is 7.63. The molecule has 0 spiro atoms. The van der Waals surface area contributed by atoms with Crippen LogP contribution in [0.1, 0.15) is 0 Å². The van der Waals surface area contributed by atoms with E-state index < -0.39 is 14.7 Å². The van der Waals surface area contributed by atoms with Gasteiger partial charge in [-0.3, -0.25) is 18.9 Å². The molecule has 4 aromatic rings. The fourth-order valence-electron chi connectivity index (χ4n) is 5.76. The molecule has 1 saturated heterocycles. The van der Waals surface area contributed by atoms with Crippen LogP contribution in [-0.4, -0.2) is 48.6 Å². The molecule has 0 aliphatic carbocycles. The van der Waals surface area contributed by atoms with Crippen molar-refractivity contribution in [1.29, 1.82) is 0 Å². The van der Waals surface area contributed by atoms with E-state index in [1.54, 1.807) is 0 Å². The van der Waals surface area contributed by atoms with Crippen LogP contribution in [0.3, 0.4) is 0 Å². The molecule has 1 fully saturated rings. The Morgan fingerprint density at radius 3 is 1.26 bits per heavy atom. The molecule has 2 atom stereocenters. The first-order valence-corrected chi connectivity index (χ1v) is 16.5. The van der Waals surface area contributed by atoms with Crippen molar-refractivity contribution in [3.63, 3.8) is 0 Å². The molecular formula is C30H28N2O4P2. The van der Waals surface area contributed by atoms with Crippen molar-refractivity contribution in [2.24, 2.45) is 0 Å². The van der Waals surface area contributed by atoms with Crippen LogP contribution < -0.4 is 19.7 Å². The first-order chi connectivity index (χ1) is 18.5. The number of hydrogen-bond acceptors (Lipinski definition) is 6. The summed E-state index contributed by atoms with van der Waals surface area (Å²) in [5.74, 6) is 1.36. The van der Waals surface area contributed by atoms with Gasteiger partial charge >= 0.3 is 0 Å². The summed E-state index contributed by atoms with van der Waals surface area (Å²) in [7, 11) is -6.25. The summed E-state index contributed by atoms with van der Waals surface area (Å²) in [5, 5.41) is 1.58. The molecule has 192 valence electrons. The maximum atomic E-state index is 14.2. The smallest absolute Gasteiger partial charge is 0.291 e. The van der Waals surface area contributed by atoms with Crippen molar-refractivity contribution in [2.75, 3.05) is 38.8 Å². The summed E-state index contributed by atoms with van der Waals surface area (Å²) in [6.45, 7) is 2.87. The second-order valence-corrected chi connectivity index (χ2v) is 14.7. The molecule has 8 heteroatoms. The van der Waals surface area contributed by atoms with E-state index in [-0.39, 0.29) is 0 Å². The third kappa shape index (κ3) is 4.04. The largest absolute Gasteiger partial charge is 0.438 e. The van der Waals surface area contributed by atoms with Gasteiger partial charge in [-0.1, -0.05) is 72.8 Å². The Bertz CT molecular complexity index is 1510. The van der Waals surface area contributed by atoms with Gasteiger partial charge < -0.3 is 9.05 Å². The predicted octanol–water partition coefficient (Wildman–Crippen LogP) is 5.85. The highest BCUT2D eigenvalue weighted by molar-refractivity contribution is 7.68. The summed E-state index contributed by atoms with van der Waals surface area (Å²) < 4.78 is 40.9. The van der Waals surface area contributed by atoms with E-state index in [4.69, 9.17) is 9.05 Å². The Kier molecular flexibility index (Phi) is 5.83. The molecule has 0 bridgehead atoms. The molecule has 4 aromatic carbocycles. The lowest BCUT2D eigenvalue weighted by atomic mass is 10.0. The molecule has 2 unspecified atom stereocenters. The molecule has 0 saturated carbocycles. The van der Waals surface area contributed by atoms with E-state index in [1.807, 2.05) is 97.1 Å². The summed E-state index contributed by atoms with van der Waals surface area (Å²) in [5.41, 5.74) is 3.95. The second-order valence-electron chi connectivity index (χ2n) is 10.1. The van der Waals surface area contributed by atoms with Crippen LogP contribution in [0.4, 0.5) is 0 Å². The fourth-order valence-corrected chi connectivity index (χ4v) is 10.7. The zero-order chi connectivity index (χ0) is 25.7. The number of nitrogens with zero attached hydrogens (tertiary/aromatic N) is 2. The first-order valence-electron chi connectivity index (χ1n) is 12.9. The number of para-hydroxylation sites is 2. The Morgan fingerprint density at radius 2 is 0.842 bits per heavy atom. The molecule has 6 nitrogen and oxygen atoms in total. The lowest BCUT2D eigenvalue weighted by Crippen LogP contribution is -2.48. The Balaban J connectivity index is 1.08. The monoisotopic (exact) mass is 542 g/mol. The minimum absolute atomic E-state index is 0.358. The zero-order valence-electron chi connectivity index (χ0n) is 20.9. The minimum Gasteiger partial charge on any atom is -0.438 e. The molecule has 0 N–H and O–H groups in total. The van der Waals surface area contributed by atoms with Crippen LogP contribution in [0.15, 0.2) is 97.1 Å². The SMILES string of the molecule is O=P1(CN2CCN(CP3(=O)Oc4ccccc4-c4ccccc43)CC2)Oc2ccccc2-c2ccccc21. The Morgan fingerprint density at radius 1 is 0.500 bits per heavy atom. The van der Waals surface area contributed by atoms with Gasteiger partial charge in [0.1, 0.15) is 11.5 Å². The van der Waals surface area contributed by atoms with Crippen molar-refractivity contribution >= 4 is 25.3 Å². The van der Waals surface area contributed by atoms with Gasteiger partial charge in [-0.25, -0.2) is 0 Å². The highest BCUT2D eigenvalue weighted by Gasteiger charge is 2.40. The second kappa shape index (κ2) is 9.25. The summed E-state index contributed by atoms with van der Waals surface area (Å²) in [6.07, 6.45) is 0.715. The number of fused-ring (bicyclic) bond motifs is 6. The molecule has 3 aliphatic heterocycles. The van der Waals surface area contributed by atoms with Crippen molar-refractivity contribution in [1.82, 2.24) is 9.80 Å². The molecule has 0 radical (unpaired) electrons. The van der Waals surface area contributed by atoms with Crippen LogP contribution in [0.25, 0.3) is 22.3 Å². The van der Waals surface area contributed by atoms with Crippen molar-refractivity contribution in [2.45, 2.75) is 0 Å². The van der Waals surface area contributed by atoms with Gasteiger partial charge in [0.05, 0.1) is 23.2 Å². The highest BCUT2D eigenvalue weighted by Crippen LogP contribution is 2.56. The molecule has 0 aromatic heterocycles. The van der Waals surface area contributed by atoms with Gasteiger partial charge in [0.25, 0.3) is 14.7 Å². The van der Waals surface area contributed by atoms with E-state index in [0.717, 1.165) is 59.0 Å². The van der Waals surface area contributed by atoms with Gasteiger partial charge in [0.15, 0.2) is 0 Å². The maximum Gasteiger partial charge on any atom is 0.291 e. The standard InChI is InChI=1S/C30H28N2O4P2/c33-37(29-15-7-3-11-25(29)23-9-1-5-13-27(23)35-37)21-31-17-19-32(20-18-31)22-38(34)30-16-8-4-12-26(30)24-10-2-6-14-28(24)36-38/h1-16H,17-22H2. The molecular weight excluding hydrogens is 514 g/mol. The Hall–Kier alpha value is -3.14. The highest BCUT2D eigenvalue weighted by atomic mass is 31.2. The number of benzene rings is 4. The van der Waals surface area contributed by atoms with Crippen LogP contribution in [0, 0.1) is 0 Å². The number of hydrogen-bond donors (Lipinski definition) is 0. The molecule has 3 heterocycles. The Labute approximate surface area is 222 Å². The van der Waals surface area contributed by atoms with Crippen LogP contribution >= 0.6 is 14.7 Å². The lowest BCUT2D eigenvalue weighted by Gasteiger charge is -2.39. The van der Waals surface area contributed by atoms with Crippen LogP contribution in [-0.2, 0) is 9.13 Å². The average Bonchev–Trinajstić information content (AvgIpc) is 2.94. The quantitative estimate of drug-likeness (QED) is 0.302. The minimum atomic E-state index is -3.12. The zero-order valence-corrected chi connectivity index (χ0v) is 22.7. The van der Waals surface area contributed by atoms with Gasteiger partial charge in [-0.15, -0.1) is 0 Å². The van der Waals surface area contributed by atoms with E-state index in [9.17, 15) is 9.13 Å². The maximum absolute atomic E-state index is 14.2. The van der Waals surface area contributed by atoms with Gasteiger partial charge in [0.2, 0.25) is 0 Å². The summed E-state index contributed by atoms with van der Waals surface area (Å²) in [6, 6.07) is 31.4. The van der Waals surface area contributed by atoms with E-state index in [2.05, 4.69) is 9.80 Å². The molecule has 3 aliphatic rings. The third-order valence-corrected chi connectivity index (χ3v) is 12.4. The summed E-state index contributed by atoms with van der Waals surface area (Å²) in [4.78, 5) is 4.42. The average molecular weight is 543 g/mol.